The summed E-state index contributed by atoms with van der Waals surface area (Å²) >= 11 is 3.51. The fourth-order valence-electron chi connectivity index (χ4n) is 3.06. The molecular weight excluding hydrogens is 382 g/mol. The maximum absolute atomic E-state index is 12.9. The average molecular weight is 404 g/mol. The van der Waals surface area contributed by atoms with Crippen LogP contribution in [0.5, 0.6) is 5.75 Å². The molecular formula is C20H22BrNO3. The van der Waals surface area contributed by atoms with E-state index in [-0.39, 0.29) is 17.8 Å². The Morgan fingerprint density at radius 3 is 2.56 bits per heavy atom. The van der Waals surface area contributed by atoms with E-state index in [4.69, 9.17) is 4.74 Å². The molecule has 4 nitrogen and oxygen atoms in total. The summed E-state index contributed by atoms with van der Waals surface area (Å²) in [5, 5.41) is 10.1. The highest BCUT2D eigenvalue weighted by molar-refractivity contribution is 9.10. The van der Waals surface area contributed by atoms with Gasteiger partial charge in [0, 0.05) is 29.7 Å². The molecule has 1 unspecified atom stereocenters. The first-order chi connectivity index (χ1) is 12.1. The molecule has 1 N–H and O–H groups in total. The van der Waals surface area contributed by atoms with Crippen LogP contribution in [-0.4, -0.2) is 35.2 Å². The lowest BCUT2D eigenvalue weighted by molar-refractivity contribution is -0.132. The van der Waals surface area contributed by atoms with Crippen molar-refractivity contribution >= 4 is 21.8 Å². The minimum absolute atomic E-state index is 0.0330. The predicted molar refractivity (Wildman–Crippen MR) is 100 cm³/mol. The van der Waals surface area contributed by atoms with Crippen LogP contribution >= 0.6 is 15.9 Å². The average Bonchev–Trinajstić information content (AvgIpc) is 3.11. The number of aromatic hydroxyl groups is 1. The molecule has 25 heavy (non-hydrogen) atoms. The molecule has 1 aliphatic rings. The first kappa shape index (κ1) is 18.0. The molecule has 1 saturated heterocycles. The molecule has 1 aliphatic heterocycles. The van der Waals surface area contributed by atoms with Crippen LogP contribution in [0.4, 0.5) is 0 Å². The molecule has 0 bridgehead atoms. The van der Waals surface area contributed by atoms with Gasteiger partial charge in [0.2, 0.25) is 5.91 Å². The largest absolute Gasteiger partial charge is 0.508 e. The maximum Gasteiger partial charge on any atom is 0.227 e. The highest BCUT2D eigenvalue weighted by Gasteiger charge is 2.24. The number of rotatable bonds is 6. The van der Waals surface area contributed by atoms with Crippen molar-refractivity contribution in [1.29, 1.82) is 0 Å². The molecule has 3 rings (SSSR count). The number of phenols is 1. The van der Waals surface area contributed by atoms with Crippen molar-refractivity contribution in [3.63, 3.8) is 0 Å². The number of para-hydroxylation sites is 1. The van der Waals surface area contributed by atoms with Crippen LogP contribution in [0.25, 0.3) is 0 Å². The zero-order chi connectivity index (χ0) is 17.6. The van der Waals surface area contributed by atoms with Gasteiger partial charge in [-0.1, -0.05) is 52.3 Å². The Hall–Kier alpha value is -1.85. The van der Waals surface area contributed by atoms with Gasteiger partial charge in [0.15, 0.2) is 0 Å². The van der Waals surface area contributed by atoms with Crippen LogP contribution in [0.3, 0.4) is 0 Å². The fourth-order valence-corrected chi connectivity index (χ4v) is 3.48. The van der Waals surface area contributed by atoms with Gasteiger partial charge in [-0.15, -0.1) is 0 Å². The molecule has 0 aliphatic carbocycles. The Kier molecular flexibility index (Phi) is 6.10. The summed E-state index contributed by atoms with van der Waals surface area (Å²) in [7, 11) is 0. The van der Waals surface area contributed by atoms with Gasteiger partial charge in [0.25, 0.3) is 0 Å². The third-order valence-electron chi connectivity index (χ3n) is 4.45. The van der Waals surface area contributed by atoms with Gasteiger partial charge in [-0.2, -0.15) is 0 Å². The molecule has 2 aromatic carbocycles. The second-order valence-electron chi connectivity index (χ2n) is 6.31. The summed E-state index contributed by atoms with van der Waals surface area (Å²) in [5.74, 6) is 0.249. The molecule has 0 aromatic heterocycles. The monoisotopic (exact) mass is 403 g/mol. The van der Waals surface area contributed by atoms with Gasteiger partial charge in [0.1, 0.15) is 5.75 Å². The number of carbonyl (C=O) groups is 1. The molecule has 1 fully saturated rings. The van der Waals surface area contributed by atoms with Crippen molar-refractivity contribution in [3.8, 4) is 5.75 Å². The van der Waals surface area contributed by atoms with Crippen LogP contribution in [0.15, 0.2) is 53.0 Å². The summed E-state index contributed by atoms with van der Waals surface area (Å²) < 4.78 is 6.64. The van der Waals surface area contributed by atoms with Gasteiger partial charge in [-0.3, -0.25) is 4.79 Å². The molecule has 132 valence electrons. The van der Waals surface area contributed by atoms with Gasteiger partial charge >= 0.3 is 0 Å². The Balaban J connectivity index is 1.76. The van der Waals surface area contributed by atoms with Crippen LogP contribution < -0.4 is 0 Å². The number of benzene rings is 2. The molecule has 0 spiro atoms. The predicted octanol–water partition coefficient (Wildman–Crippen LogP) is 3.91. The number of nitrogens with zero attached hydrogens (tertiary/aromatic N) is 1. The first-order valence-electron chi connectivity index (χ1n) is 8.53. The number of ether oxygens (including phenoxy) is 1. The normalized spacial score (nSPS) is 16.8. The van der Waals surface area contributed by atoms with E-state index >= 15 is 0 Å². The lowest BCUT2D eigenvalue weighted by Gasteiger charge is -2.26. The number of amides is 1. The zero-order valence-electron chi connectivity index (χ0n) is 14.0. The van der Waals surface area contributed by atoms with Crippen LogP contribution in [0, 0.1) is 0 Å². The zero-order valence-corrected chi connectivity index (χ0v) is 15.6. The Bertz CT molecular complexity index is 728. The molecule has 1 heterocycles. The number of halogens is 1. The van der Waals surface area contributed by atoms with Crippen molar-refractivity contribution in [2.45, 2.75) is 31.9 Å². The SMILES string of the molecule is O=C(Cc1ccccc1Br)N(Cc1ccccc1O)CC1CCCO1. The van der Waals surface area contributed by atoms with Crippen molar-refractivity contribution < 1.29 is 14.6 Å². The molecule has 1 amide bonds. The van der Waals surface area contributed by atoms with E-state index in [0.29, 0.717) is 19.5 Å². The Morgan fingerprint density at radius 2 is 1.88 bits per heavy atom. The highest BCUT2D eigenvalue weighted by atomic mass is 79.9. The Morgan fingerprint density at radius 1 is 1.16 bits per heavy atom. The van der Waals surface area contributed by atoms with Crippen LogP contribution in [0.2, 0.25) is 0 Å². The van der Waals surface area contributed by atoms with Crippen molar-refractivity contribution in [1.82, 2.24) is 4.90 Å². The number of hydrogen-bond donors (Lipinski definition) is 1. The van der Waals surface area contributed by atoms with E-state index in [0.717, 1.165) is 35.0 Å². The quantitative estimate of drug-likeness (QED) is 0.795. The summed E-state index contributed by atoms with van der Waals surface area (Å²) in [5.41, 5.74) is 1.71. The number of phenolic OH excluding ortho intramolecular Hbond substituents is 1. The first-order valence-corrected chi connectivity index (χ1v) is 9.32. The van der Waals surface area contributed by atoms with Gasteiger partial charge in [-0.05, 0) is 30.5 Å². The molecule has 0 radical (unpaired) electrons. The smallest absolute Gasteiger partial charge is 0.227 e. The van der Waals surface area contributed by atoms with E-state index in [9.17, 15) is 9.90 Å². The van der Waals surface area contributed by atoms with Gasteiger partial charge in [0.05, 0.1) is 12.5 Å². The second kappa shape index (κ2) is 8.50. The van der Waals surface area contributed by atoms with E-state index < -0.39 is 0 Å². The minimum Gasteiger partial charge on any atom is -0.508 e. The minimum atomic E-state index is 0.0330. The lowest BCUT2D eigenvalue weighted by atomic mass is 10.1. The van der Waals surface area contributed by atoms with Gasteiger partial charge in [-0.25, -0.2) is 0 Å². The van der Waals surface area contributed by atoms with Crippen LogP contribution in [0.1, 0.15) is 24.0 Å². The Labute approximate surface area is 156 Å². The summed E-state index contributed by atoms with van der Waals surface area (Å²) in [6.45, 7) is 1.70. The maximum atomic E-state index is 12.9. The van der Waals surface area contributed by atoms with Gasteiger partial charge < -0.3 is 14.7 Å². The number of hydrogen-bond acceptors (Lipinski definition) is 3. The third kappa shape index (κ3) is 4.83. The summed E-state index contributed by atoms with van der Waals surface area (Å²) in [6, 6.07) is 14.9. The van der Waals surface area contributed by atoms with E-state index in [1.54, 1.807) is 17.0 Å². The topological polar surface area (TPSA) is 49.8 Å². The second-order valence-corrected chi connectivity index (χ2v) is 7.16. The van der Waals surface area contributed by atoms with Crippen molar-refractivity contribution in [3.05, 3.63) is 64.1 Å². The molecule has 2 aromatic rings. The van der Waals surface area contributed by atoms with Crippen LogP contribution in [-0.2, 0) is 22.5 Å². The van der Waals surface area contributed by atoms with Crippen molar-refractivity contribution in [2.75, 3.05) is 13.2 Å². The lowest BCUT2D eigenvalue weighted by Crippen LogP contribution is -2.37. The fraction of sp³-hybridized carbons (Fsp3) is 0.350. The highest BCUT2D eigenvalue weighted by Crippen LogP contribution is 2.22. The molecule has 0 saturated carbocycles. The standard InChI is InChI=1S/C20H22BrNO3/c21-18-9-3-1-6-15(18)12-20(24)22(14-17-8-5-11-25-17)13-16-7-2-4-10-19(16)23/h1-4,6-7,9-10,17,23H,5,8,11-14H2. The van der Waals surface area contributed by atoms with E-state index in [1.165, 1.54) is 0 Å². The molecule has 1 atom stereocenters. The summed E-state index contributed by atoms with van der Waals surface area (Å²) in [6.07, 6.45) is 2.41. The van der Waals surface area contributed by atoms with E-state index in [1.807, 2.05) is 36.4 Å². The molecule has 5 heteroatoms. The van der Waals surface area contributed by atoms with E-state index in [2.05, 4.69) is 15.9 Å². The van der Waals surface area contributed by atoms with Crippen molar-refractivity contribution in [2.24, 2.45) is 0 Å². The third-order valence-corrected chi connectivity index (χ3v) is 5.23. The number of carbonyl (C=O) groups excluding carboxylic acids is 1. The summed E-state index contributed by atoms with van der Waals surface area (Å²) in [4.78, 5) is 14.7.